The Labute approximate surface area is 137 Å². The van der Waals surface area contributed by atoms with Crippen molar-refractivity contribution in [2.45, 2.75) is 42.7 Å². The van der Waals surface area contributed by atoms with Crippen LogP contribution in [0.15, 0.2) is 18.2 Å². The molecule has 2 aliphatic rings. The first-order valence-electron chi connectivity index (χ1n) is 7.44. The fourth-order valence-corrected chi connectivity index (χ4v) is 4.81. The quantitative estimate of drug-likeness (QED) is 0.723. The predicted octanol–water partition coefficient (Wildman–Crippen LogP) is 4.54. The van der Waals surface area contributed by atoms with E-state index in [1.54, 1.807) is 6.07 Å². The topological polar surface area (TPSA) is 18.5 Å². The number of hydrogen-bond acceptors (Lipinski definition) is 3. The number of thioether (sulfide) groups is 1. The second-order valence-corrected chi connectivity index (χ2v) is 7.52. The Morgan fingerprint density at radius 1 is 1.38 bits per heavy atom. The lowest BCUT2D eigenvalue weighted by Crippen LogP contribution is -2.46. The molecule has 0 radical (unpaired) electrons. The van der Waals surface area contributed by atoms with Crippen LogP contribution >= 0.6 is 27.7 Å². The molecule has 116 valence electrons. The number of para-hydroxylation sites is 1. The van der Waals surface area contributed by atoms with Crippen molar-refractivity contribution in [3.05, 3.63) is 29.6 Å². The Balaban J connectivity index is 1.73. The van der Waals surface area contributed by atoms with Crippen molar-refractivity contribution in [3.63, 3.8) is 0 Å². The van der Waals surface area contributed by atoms with Crippen LogP contribution in [0.5, 0.6) is 5.75 Å². The van der Waals surface area contributed by atoms with Gasteiger partial charge in [0.1, 0.15) is 6.10 Å². The lowest BCUT2D eigenvalue weighted by Gasteiger charge is -2.43. The molecule has 1 unspecified atom stereocenters. The first-order valence-corrected chi connectivity index (χ1v) is 9.72. The van der Waals surface area contributed by atoms with Crippen LogP contribution in [0.25, 0.3) is 0 Å². The molecule has 0 amide bonds. The second kappa shape index (κ2) is 6.88. The Bertz CT molecular complexity index is 486. The van der Waals surface area contributed by atoms with Crippen LogP contribution in [0, 0.1) is 5.82 Å². The van der Waals surface area contributed by atoms with Gasteiger partial charge in [-0.15, -0.1) is 0 Å². The summed E-state index contributed by atoms with van der Waals surface area (Å²) >= 11 is 5.39. The summed E-state index contributed by atoms with van der Waals surface area (Å²) in [7, 11) is 0. The summed E-state index contributed by atoms with van der Waals surface area (Å²) in [5, 5.41) is 0.602. The van der Waals surface area contributed by atoms with Gasteiger partial charge in [-0.05, 0) is 30.4 Å². The fraction of sp³-hybridized carbons (Fsp3) is 0.625. The molecule has 2 nitrogen and oxygen atoms in total. The molecule has 0 saturated carbocycles. The normalized spacial score (nSPS) is 25.0. The largest absolute Gasteiger partial charge is 0.487 e. The van der Waals surface area contributed by atoms with Gasteiger partial charge in [-0.1, -0.05) is 28.1 Å². The smallest absolute Gasteiger partial charge is 0.165 e. The summed E-state index contributed by atoms with van der Waals surface area (Å²) in [6.45, 7) is 0.716. The molecule has 2 heterocycles. The van der Waals surface area contributed by atoms with Crippen molar-refractivity contribution in [2.75, 3.05) is 18.1 Å². The lowest BCUT2D eigenvalue weighted by atomic mass is 9.86. The van der Waals surface area contributed by atoms with Crippen LogP contribution in [0.2, 0.25) is 0 Å². The van der Waals surface area contributed by atoms with Crippen LogP contribution < -0.4 is 4.74 Å². The Morgan fingerprint density at radius 3 is 2.95 bits per heavy atom. The Kier molecular flexibility index (Phi) is 5.12. The van der Waals surface area contributed by atoms with E-state index >= 15 is 0 Å². The zero-order valence-corrected chi connectivity index (χ0v) is 14.3. The number of rotatable bonds is 3. The maximum absolute atomic E-state index is 14.0. The van der Waals surface area contributed by atoms with Crippen molar-refractivity contribution < 1.29 is 13.9 Å². The summed E-state index contributed by atoms with van der Waals surface area (Å²) in [5.74, 6) is 2.44. The molecule has 2 aliphatic heterocycles. The average Bonchev–Trinajstić information content (AvgIpc) is 2.50. The highest BCUT2D eigenvalue weighted by Gasteiger charge is 2.39. The van der Waals surface area contributed by atoms with Crippen LogP contribution in [-0.4, -0.2) is 29.8 Å². The third kappa shape index (κ3) is 3.57. The standard InChI is InChI=1S/C16H20BrFO2S/c17-11-12-2-1-3-14(18)15(12)20-13-4-7-19-16(10-13)5-8-21-9-6-16/h1-3,13H,4-11H2. The molecular weight excluding hydrogens is 355 g/mol. The molecule has 1 atom stereocenters. The van der Waals surface area contributed by atoms with E-state index in [0.29, 0.717) is 17.7 Å². The molecule has 1 spiro atoms. The Hall–Kier alpha value is -0.260. The zero-order chi connectivity index (χ0) is 14.7. The highest BCUT2D eigenvalue weighted by molar-refractivity contribution is 9.08. The van der Waals surface area contributed by atoms with E-state index in [-0.39, 0.29) is 17.5 Å². The molecule has 21 heavy (non-hydrogen) atoms. The first kappa shape index (κ1) is 15.6. The molecule has 0 aliphatic carbocycles. The van der Waals surface area contributed by atoms with Crippen LogP contribution in [0.1, 0.15) is 31.2 Å². The summed E-state index contributed by atoms with van der Waals surface area (Å²) < 4.78 is 26.2. The van der Waals surface area contributed by atoms with Gasteiger partial charge >= 0.3 is 0 Å². The van der Waals surface area contributed by atoms with E-state index in [9.17, 15) is 4.39 Å². The van der Waals surface area contributed by atoms with Gasteiger partial charge in [-0.2, -0.15) is 11.8 Å². The fourth-order valence-electron chi connectivity index (χ4n) is 3.13. The van der Waals surface area contributed by atoms with Crippen molar-refractivity contribution in [3.8, 4) is 5.75 Å². The molecule has 2 fully saturated rings. The number of benzene rings is 1. The van der Waals surface area contributed by atoms with Gasteiger partial charge in [-0.25, -0.2) is 4.39 Å². The lowest BCUT2D eigenvalue weighted by molar-refractivity contribution is -0.116. The van der Waals surface area contributed by atoms with Gasteiger partial charge in [0, 0.05) is 23.7 Å². The molecule has 5 heteroatoms. The van der Waals surface area contributed by atoms with Crippen LogP contribution in [0.4, 0.5) is 4.39 Å². The van der Waals surface area contributed by atoms with Crippen molar-refractivity contribution >= 4 is 27.7 Å². The summed E-state index contributed by atoms with van der Waals surface area (Å²) in [6, 6.07) is 5.09. The van der Waals surface area contributed by atoms with E-state index in [1.807, 2.05) is 17.8 Å². The van der Waals surface area contributed by atoms with Gasteiger partial charge in [0.15, 0.2) is 11.6 Å². The molecule has 1 aromatic carbocycles. The molecular formula is C16H20BrFO2S. The SMILES string of the molecule is Fc1cccc(CBr)c1OC1CCOC2(CCSCC2)C1. The minimum atomic E-state index is -0.272. The number of hydrogen-bond donors (Lipinski definition) is 0. The van der Waals surface area contributed by atoms with Gasteiger partial charge in [0.05, 0.1) is 12.2 Å². The van der Waals surface area contributed by atoms with Gasteiger partial charge in [0.25, 0.3) is 0 Å². The molecule has 0 aromatic heterocycles. The predicted molar refractivity (Wildman–Crippen MR) is 87.9 cm³/mol. The maximum atomic E-state index is 14.0. The summed E-state index contributed by atoms with van der Waals surface area (Å²) in [5.41, 5.74) is 0.836. The minimum absolute atomic E-state index is 0.0337. The monoisotopic (exact) mass is 374 g/mol. The molecule has 0 N–H and O–H groups in total. The van der Waals surface area contributed by atoms with Gasteiger partial charge < -0.3 is 9.47 Å². The van der Waals surface area contributed by atoms with E-state index < -0.39 is 0 Å². The molecule has 3 rings (SSSR count). The van der Waals surface area contributed by atoms with E-state index in [0.717, 1.165) is 42.8 Å². The van der Waals surface area contributed by atoms with E-state index in [4.69, 9.17) is 9.47 Å². The summed E-state index contributed by atoms with van der Waals surface area (Å²) in [4.78, 5) is 0. The van der Waals surface area contributed by atoms with Gasteiger partial charge in [0.2, 0.25) is 0 Å². The third-order valence-electron chi connectivity index (χ3n) is 4.33. The highest BCUT2D eigenvalue weighted by Crippen LogP contribution is 2.39. The summed E-state index contributed by atoms with van der Waals surface area (Å²) in [6.07, 6.45) is 3.94. The van der Waals surface area contributed by atoms with Crippen LogP contribution in [0.3, 0.4) is 0 Å². The minimum Gasteiger partial charge on any atom is -0.487 e. The maximum Gasteiger partial charge on any atom is 0.165 e. The zero-order valence-electron chi connectivity index (χ0n) is 11.9. The molecule has 2 saturated heterocycles. The van der Waals surface area contributed by atoms with Crippen molar-refractivity contribution in [1.29, 1.82) is 0 Å². The molecule has 1 aromatic rings. The van der Waals surface area contributed by atoms with Gasteiger partial charge in [-0.3, -0.25) is 0 Å². The van der Waals surface area contributed by atoms with Crippen LogP contribution in [-0.2, 0) is 10.1 Å². The Morgan fingerprint density at radius 2 is 2.19 bits per heavy atom. The highest BCUT2D eigenvalue weighted by atomic mass is 79.9. The molecule has 0 bridgehead atoms. The average molecular weight is 375 g/mol. The number of alkyl halides is 1. The van der Waals surface area contributed by atoms with Crippen molar-refractivity contribution in [2.24, 2.45) is 0 Å². The number of ether oxygens (including phenoxy) is 2. The number of halogens is 2. The first-order chi connectivity index (χ1) is 10.2. The van der Waals surface area contributed by atoms with E-state index in [1.165, 1.54) is 6.07 Å². The van der Waals surface area contributed by atoms with E-state index in [2.05, 4.69) is 15.9 Å². The third-order valence-corrected chi connectivity index (χ3v) is 5.92. The van der Waals surface area contributed by atoms with Crippen molar-refractivity contribution in [1.82, 2.24) is 0 Å². The second-order valence-electron chi connectivity index (χ2n) is 5.74.